The number of benzene rings is 1. The van der Waals surface area contributed by atoms with Gasteiger partial charge in [-0.1, -0.05) is 25.2 Å². The Bertz CT molecular complexity index is 657. The zero-order chi connectivity index (χ0) is 15.2. The molecule has 114 valence electrons. The molecule has 0 radical (unpaired) electrons. The zero-order valence-electron chi connectivity index (χ0n) is 12.6. The topological polar surface area (TPSA) is 14.2 Å². The van der Waals surface area contributed by atoms with Crippen molar-refractivity contribution in [1.29, 1.82) is 0 Å². The molecular weight excluding hydrogens is 277 g/mol. The van der Waals surface area contributed by atoms with Crippen LogP contribution in [0.25, 0.3) is 0 Å². The normalized spacial score (nSPS) is 15.1. The van der Waals surface area contributed by atoms with E-state index < -0.39 is 0 Å². The van der Waals surface area contributed by atoms with E-state index in [0.29, 0.717) is 18.4 Å². The number of hydrogen-bond acceptors (Lipinski definition) is 1. The molecule has 0 amide bonds. The van der Waals surface area contributed by atoms with Crippen molar-refractivity contribution in [2.24, 2.45) is 0 Å². The molecule has 0 N–H and O–H groups in total. The summed E-state index contributed by atoms with van der Waals surface area (Å²) in [5.74, 6) is 6.61. The third-order valence-corrected chi connectivity index (χ3v) is 4.09. The highest BCUT2D eigenvalue weighted by atomic mass is 19.1. The lowest BCUT2D eigenvalue weighted by molar-refractivity contribution is 0.352. The van der Waals surface area contributed by atoms with Crippen molar-refractivity contribution >= 4 is 0 Å². The molecule has 0 bridgehead atoms. The molecule has 3 rings (SSSR count). The molecule has 0 atom stereocenters. The van der Waals surface area contributed by atoms with Gasteiger partial charge in [0.1, 0.15) is 18.2 Å². The molecule has 2 aromatic rings. The van der Waals surface area contributed by atoms with Crippen LogP contribution in [0, 0.1) is 17.7 Å². The fourth-order valence-electron chi connectivity index (χ4n) is 2.95. The van der Waals surface area contributed by atoms with Crippen molar-refractivity contribution in [1.82, 2.24) is 4.57 Å². The van der Waals surface area contributed by atoms with Crippen molar-refractivity contribution in [2.75, 3.05) is 6.61 Å². The van der Waals surface area contributed by atoms with Crippen LogP contribution in [0.5, 0.6) is 5.75 Å². The van der Waals surface area contributed by atoms with Gasteiger partial charge in [-0.3, -0.25) is 0 Å². The Hall–Kier alpha value is -2.21. The van der Waals surface area contributed by atoms with Crippen LogP contribution in [-0.4, -0.2) is 11.2 Å². The first-order chi connectivity index (χ1) is 10.8. The van der Waals surface area contributed by atoms with E-state index in [1.807, 2.05) is 0 Å². The molecule has 1 saturated carbocycles. The first kappa shape index (κ1) is 14.7. The van der Waals surface area contributed by atoms with Gasteiger partial charge in [-0.15, -0.1) is 0 Å². The Kier molecular flexibility index (Phi) is 4.80. The Morgan fingerprint density at radius 1 is 1.09 bits per heavy atom. The lowest BCUT2D eigenvalue weighted by Gasteiger charge is -2.24. The monoisotopic (exact) mass is 297 g/mol. The van der Waals surface area contributed by atoms with Gasteiger partial charge in [0.05, 0.1) is 5.69 Å². The SMILES string of the molecule is Fc1ccc(OCC#Cc2cccn2C2CCCCC2)cc1. The van der Waals surface area contributed by atoms with Gasteiger partial charge in [0.25, 0.3) is 0 Å². The van der Waals surface area contributed by atoms with Gasteiger partial charge < -0.3 is 9.30 Å². The lowest BCUT2D eigenvalue weighted by Crippen LogP contribution is -2.13. The van der Waals surface area contributed by atoms with Gasteiger partial charge in [-0.25, -0.2) is 4.39 Å². The highest BCUT2D eigenvalue weighted by molar-refractivity contribution is 5.30. The van der Waals surface area contributed by atoms with Crippen LogP contribution in [0.15, 0.2) is 42.6 Å². The Morgan fingerprint density at radius 2 is 1.86 bits per heavy atom. The fraction of sp³-hybridized carbons (Fsp3) is 0.368. The molecule has 22 heavy (non-hydrogen) atoms. The second-order valence-electron chi connectivity index (χ2n) is 5.64. The van der Waals surface area contributed by atoms with E-state index in [1.165, 1.54) is 44.2 Å². The summed E-state index contributed by atoms with van der Waals surface area (Å²) in [6.45, 7) is 0.307. The molecule has 1 aliphatic carbocycles. The maximum absolute atomic E-state index is 12.8. The standard InChI is InChI=1S/C19H20FNO/c20-16-10-12-19(13-11-16)22-15-5-9-18-8-4-14-21(18)17-6-2-1-3-7-17/h4,8,10-14,17H,1-3,6-7,15H2. The van der Waals surface area contributed by atoms with E-state index in [4.69, 9.17) is 4.74 Å². The van der Waals surface area contributed by atoms with Crippen LogP contribution in [-0.2, 0) is 0 Å². The van der Waals surface area contributed by atoms with Crippen LogP contribution in [0.3, 0.4) is 0 Å². The van der Waals surface area contributed by atoms with Gasteiger partial charge in [0.2, 0.25) is 0 Å². The van der Waals surface area contributed by atoms with E-state index in [0.717, 1.165) is 5.69 Å². The minimum atomic E-state index is -0.260. The Balaban J connectivity index is 1.59. The third kappa shape index (κ3) is 3.71. The average molecular weight is 297 g/mol. The predicted octanol–water partition coefficient (Wildman–Crippen LogP) is 4.56. The summed E-state index contributed by atoms with van der Waals surface area (Å²) in [6.07, 6.45) is 8.59. The van der Waals surface area contributed by atoms with Crippen molar-refractivity contribution in [3.8, 4) is 17.6 Å². The number of nitrogens with zero attached hydrogens (tertiary/aromatic N) is 1. The van der Waals surface area contributed by atoms with Gasteiger partial charge in [0, 0.05) is 12.2 Å². The summed E-state index contributed by atoms with van der Waals surface area (Å²) in [6, 6.07) is 10.7. The predicted molar refractivity (Wildman–Crippen MR) is 85.3 cm³/mol. The third-order valence-electron chi connectivity index (χ3n) is 4.09. The molecule has 1 aliphatic rings. The smallest absolute Gasteiger partial charge is 0.149 e. The van der Waals surface area contributed by atoms with Gasteiger partial charge >= 0.3 is 0 Å². The second-order valence-corrected chi connectivity index (χ2v) is 5.64. The fourth-order valence-corrected chi connectivity index (χ4v) is 2.95. The Labute approximate surface area is 130 Å². The van der Waals surface area contributed by atoms with E-state index in [-0.39, 0.29) is 5.82 Å². The molecule has 1 aromatic carbocycles. The van der Waals surface area contributed by atoms with Gasteiger partial charge in [0.15, 0.2) is 0 Å². The van der Waals surface area contributed by atoms with Gasteiger partial charge in [-0.2, -0.15) is 0 Å². The van der Waals surface area contributed by atoms with Crippen molar-refractivity contribution in [3.63, 3.8) is 0 Å². The number of rotatable bonds is 3. The second kappa shape index (κ2) is 7.17. The molecule has 1 fully saturated rings. The number of ether oxygens (including phenoxy) is 1. The molecule has 0 unspecified atom stereocenters. The number of hydrogen-bond donors (Lipinski definition) is 0. The summed E-state index contributed by atoms with van der Waals surface area (Å²) in [5.41, 5.74) is 1.05. The van der Waals surface area contributed by atoms with E-state index in [9.17, 15) is 4.39 Å². The van der Waals surface area contributed by atoms with E-state index >= 15 is 0 Å². The minimum Gasteiger partial charge on any atom is -0.481 e. The highest BCUT2D eigenvalue weighted by Gasteiger charge is 2.15. The summed E-state index contributed by atoms with van der Waals surface area (Å²) < 4.78 is 20.6. The molecule has 1 heterocycles. The first-order valence-electron chi connectivity index (χ1n) is 7.87. The van der Waals surface area contributed by atoms with Gasteiger partial charge in [-0.05, 0) is 55.2 Å². The summed E-state index contributed by atoms with van der Waals surface area (Å²) >= 11 is 0. The summed E-state index contributed by atoms with van der Waals surface area (Å²) in [7, 11) is 0. The minimum absolute atomic E-state index is 0.260. The maximum Gasteiger partial charge on any atom is 0.149 e. The molecule has 0 saturated heterocycles. The highest BCUT2D eigenvalue weighted by Crippen LogP contribution is 2.29. The van der Waals surface area contributed by atoms with Crippen LogP contribution < -0.4 is 4.74 Å². The van der Waals surface area contributed by atoms with Crippen molar-refractivity contribution < 1.29 is 9.13 Å². The van der Waals surface area contributed by atoms with Crippen LogP contribution in [0.2, 0.25) is 0 Å². The van der Waals surface area contributed by atoms with E-state index in [2.05, 4.69) is 34.7 Å². The lowest BCUT2D eigenvalue weighted by atomic mass is 9.95. The largest absolute Gasteiger partial charge is 0.481 e. The summed E-state index contributed by atoms with van der Waals surface area (Å²) in [5, 5.41) is 0. The number of aromatic nitrogens is 1. The molecule has 2 nitrogen and oxygen atoms in total. The molecule has 0 spiro atoms. The quantitative estimate of drug-likeness (QED) is 0.757. The molecular formula is C19H20FNO. The molecule has 0 aliphatic heterocycles. The molecule has 3 heteroatoms. The zero-order valence-corrected chi connectivity index (χ0v) is 12.6. The average Bonchev–Trinajstić information content (AvgIpc) is 3.02. The Morgan fingerprint density at radius 3 is 2.64 bits per heavy atom. The van der Waals surface area contributed by atoms with Crippen LogP contribution in [0.4, 0.5) is 4.39 Å². The maximum atomic E-state index is 12.8. The van der Waals surface area contributed by atoms with Crippen molar-refractivity contribution in [3.05, 3.63) is 54.1 Å². The first-order valence-corrected chi connectivity index (χ1v) is 7.87. The molecule has 1 aromatic heterocycles. The number of halogens is 1. The summed E-state index contributed by atoms with van der Waals surface area (Å²) in [4.78, 5) is 0. The van der Waals surface area contributed by atoms with Crippen LogP contribution >= 0.6 is 0 Å². The van der Waals surface area contributed by atoms with E-state index in [1.54, 1.807) is 12.1 Å². The van der Waals surface area contributed by atoms with Crippen LogP contribution in [0.1, 0.15) is 43.8 Å². The van der Waals surface area contributed by atoms with Crippen molar-refractivity contribution in [2.45, 2.75) is 38.1 Å².